The summed E-state index contributed by atoms with van der Waals surface area (Å²) in [6, 6.07) is 57.0. The molecular weight excluding hydrogens is 711 g/mol. The van der Waals surface area contributed by atoms with Crippen LogP contribution in [0.4, 0.5) is 0 Å². The van der Waals surface area contributed by atoms with Crippen LogP contribution in [-0.2, 0) is 6.42 Å². The number of hydrogen-bond donors (Lipinski definition) is 0. The van der Waals surface area contributed by atoms with Crippen LogP contribution in [0.15, 0.2) is 181 Å². The van der Waals surface area contributed by atoms with Gasteiger partial charge in [-0.05, 0) is 93.9 Å². The number of furan rings is 1. The summed E-state index contributed by atoms with van der Waals surface area (Å²) >= 11 is 0. The summed E-state index contributed by atoms with van der Waals surface area (Å²) in [6.45, 7) is 0. The van der Waals surface area contributed by atoms with E-state index in [9.17, 15) is 0 Å². The molecule has 0 saturated heterocycles. The van der Waals surface area contributed by atoms with Crippen molar-refractivity contribution in [2.24, 2.45) is 0 Å². The highest BCUT2D eigenvalue weighted by molar-refractivity contribution is 6.10. The van der Waals surface area contributed by atoms with Crippen molar-refractivity contribution in [2.45, 2.75) is 6.42 Å². The predicted octanol–water partition coefficient (Wildman–Crippen LogP) is 12.8. The number of fused-ring (bicyclic) bond motifs is 8. The number of nitrogens with zero attached hydrogens (tertiary/aromatic N) is 5. The van der Waals surface area contributed by atoms with Crippen LogP contribution in [0.1, 0.15) is 11.1 Å². The van der Waals surface area contributed by atoms with Gasteiger partial charge in [0.2, 0.25) is 0 Å². The van der Waals surface area contributed by atoms with Gasteiger partial charge in [0.25, 0.3) is 0 Å². The van der Waals surface area contributed by atoms with Crippen molar-refractivity contribution in [2.75, 3.05) is 0 Å². The van der Waals surface area contributed by atoms with E-state index in [2.05, 4.69) is 125 Å². The molecule has 4 heterocycles. The van der Waals surface area contributed by atoms with Gasteiger partial charge in [0, 0.05) is 56.2 Å². The Labute approximate surface area is 333 Å². The molecule has 0 amide bonds. The predicted molar refractivity (Wildman–Crippen MR) is 233 cm³/mol. The normalized spacial score (nSPS) is 12.1. The lowest BCUT2D eigenvalue weighted by Crippen LogP contribution is -2.02. The van der Waals surface area contributed by atoms with E-state index in [1.165, 1.54) is 27.8 Å². The number of hydrogen-bond acceptors (Lipinski definition) is 6. The fourth-order valence-electron chi connectivity index (χ4n) is 8.81. The largest absolute Gasteiger partial charge is 0.455 e. The maximum atomic E-state index is 6.63. The standard InChI is InChI=1S/C52H31N5O/c1-2-12-35-31(11-1)30-45-36(14-5-16-38(35)45)32-27-33(37-15-6-17-42-41-13-3-4-24-48(41)58-49(37)42)29-34(28-32)50-55-51(43-18-7-22-46-39(43)20-9-25-53-46)57-52(56-50)44-19-8-23-47-40(44)21-10-26-54-47/h1-29H,30H2. The van der Waals surface area contributed by atoms with Gasteiger partial charge in [0.1, 0.15) is 11.2 Å². The van der Waals surface area contributed by atoms with Crippen molar-refractivity contribution in [1.29, 1.82) is 0 Å². The van der Waals surface area contributed by atoms with Gasteiger partial charge >= 0.3 is 0 Å². The van der Waals surface area contributed by atoms with Gasteiger partial charge in [-0.25, -0.2) is 15.0 Å². The SMILES string of the molecule is c1ccc2c(c1)Cc1c(-c3cc(-c4nc(-c5cccc6ncccc56)nc(-c5cccc6ncccc56)n4)cc(-c4cccc5c4oc4ccccc45)c3)cccc1-2. The molecule has 11 aromatic rings. The van der Waals surface area contributed by atoms with E-state index >= 15 is 0 Å². The third-order valence-electron chi connectivity index (χ3n) is 11.5. The van der Waals surface area contributed by atoms with E-state index in [0.29, 0.717) is 17.5 Å². The van der Waals surface area contributed by atoms with Crippen molar-refractivity contribution in [3.8, 4) is 67.5 Å². The second kappa shape index (κ2) is 12.9. The monoisotopic (exact) mass is 741 g/mol. The van der Waals surface area contributed by atoms with Crippen LogP contribution in [0, 0.1) is 0 Å². The van der Waals surface area contributed by atoms with Crippen LogP contribution in [0.3, 0.4) is 0 Å². The Kier molecular flexibility index (Phi) is 7.19. The molecule has 6 nitrogen and oxygen atoms in total. The lowest BCUT2D eigenvalue weighted by atomic mass is 9.91. The van der Waals surface area contributed by atoms with Crippen molar-refractivity contribution in [3.63, 3.8) is 0 Å². The van der Waals surface area contributed by atoms with Crippen molar-refractivity contribution < 1.29 is 4.42 Å². The number of benzene rings is 7. The number of para-hydroxylation sites is 2. The fraction of sp³-hybridized carbons (Fsp3) is 0.0192. The van der Waals surface area contributed by atoms with Gasteiger partial charge < -0.3 is 4.42 Å². The van der Waals surface area contributed by atoms with Crippen LogP contribution in [0.5, 0.6) is 0 Å². The summed E-state index contributed by atoms with van der Waals surface area (Å²) in [5.74, 6) is 1.71. The van der Waals surface area contributed by atoms with Crippen LogP contribution in [0.25, 0.3) is 111 Å². The molecule has 0 N–H and O–H groups in total. The lowest BCUT2D eigenvalue weighted by molar-refractivity contribution is 0.670. The zero-order chi connectivity index (χ0) is 38.2. The molecule has 4 aromatic heterocycles. The molecule has 1 aliphatic rings. The maximum Gasteiger partial charge on any atom is 0.164 e. The average molecular weight is 742 g/mol. The van der Waals surface area contributed by atoms with Gasteiger partial charge in [0.05, 0.1) is 11.0 Å². The highest BCUT2D eigenvalue weighted by Gasteiger charge is 2.24. The molecule has 12 rings (SSSR count). The van der Waals surface area contributed by atoms with E-state index < -0.39 is 0 Å². The lowest BCUT2D eigenvalue weighted by Gasteiger charge is -2.15. The molecule has 0 unspecified atom stereocenters. The Bertz CT molecular complexity index is 3350. The topological polar surface area (TPSA) is 77.6 Å². The molecule has 0 spiro atoms. The van der Waals surface area contributed by atoms with E-state index in [4.69, 9.17) is 19.4 Å². The Hall–Kier alpha value is -7.83. The summed E-state index contributed by atoms with van der Waals surface area (Å²) in [7, 11) is 0. The Morgan fingerprint density at radius 2 is 0.914 bits per heavy atom. The van der Waals surface area contributed by atoms with Crippen molar-refractivity contribution >= 4 is 43.7 Å². The number of aromatic nitrogens is 5. The van der Waals surface area contributed by atoms with E-state index in [0.717, 1.165) is 83.5 Å². The minimum Gasteiger partial charge on any atom is -0.455 e. The molecule has 0 atom stereocenters. The quantitative estimate of drug-likeness (QED) is 0.175. The molecule has 0 bridgehead atoms. The molecule has 0 radical (unpaired) electrons. The molecule has 7 aromatic carbocycles. The van der Waals surface area contributed by atoms with Crippen LogP contribution < -0.4 is 0 Å². The third kappa shape index (κ3) is 5.16. The Morgan fingerprint density at radius 3 is 1.69 bits per heavy atom. The smallest absolute Gasteiger partial charge is 0.164 e. The fourth-order valence-corrected chi connectivity index (χ4v) is 8.81. The molecule has 270 valence electrons. The summed E-state index contributed by atoms with van der Waals surface area (Å²) in [4.78, 5) is 25.1. The first-order valence-corrected chi connectivity index (χ1v) is 19.4. The van der Waals surface area contributed by atoms with Gasteiger partial charge in [0.15, 0.2) is 17.5 Å². The molecule has 0 fully saturated rings. The Balaban J connectivity index is 1.14. The highest BCUT2D eigenvalue weighted by Crippen LogP contribution is 2.44. The van der Waals surface area contributed by atoms with Gasteiger partial charge in [-0.3, -0.25) is 9.97 Å². The highest BCUT2D eigenvalue weighted by atomic mass is 16.3. The molecule has 1 aliphatic carbocycles. The van der Waals surface area contributed by atoms with Crippen molar-refractivity contribution in [3.05, 3.63) is 187 Å². The second-order valence-corrected chi connectivity index (χ2v) is 14.8. The van der Waals surface area contributed by atoms with Crippen LogP contribution in [0.2, 0.25) is 0 Å². The molecular formula is C52H31N5O. The van der Waals surface area contributed by atoms with E-state index in [1.54, 1.807) is 0 Å². The minimum absolute atomic E-state index is 0.567. The second-order valence-electron chi connectivity index (χ2n) is 14.8. The minimum atomic E-state index is 0.567. The molecule has 0 saturated carbocycles. The number of rotatable bonds is 5. The first kappa shape index (κ1) is 32.4. The summed E-state index contributed by atoms with van der Waals surface area (Å²) in [5.41, 5.74) is 15.6. The summed E-state index contributed by atoms with van der Waals surface area (Å²) < 4.78 is 6.63. The zero-order valence-electron chi connectivity index (χ0n) is 31.1. The first-order valence-electron chi connectivity index (χ1n) is 19.4. The third-order valence-corrected chi connectivity index (χ3v) is 11.5. The summed E-state index contributed by atoms with van der Waals surface area (Å²) in [5, 5.41) is 4.11. The van der Waals surface area contributed by atoms with Crippen molar-refractivity contribution in [1.82, 2.24) is 24.9 Å². The van der Waals surface area contributed by atoms with E-state index in [1.807, 2.05) is 60.9 Å². The molecule has 58 heavy (non-hydrogen) atoms. The van der Waals surface area contributed by atoms with Crippen LogP contribution in [-0.4, -0.2) is 24.9 Å². The Morgan fingerprint density at radius 1 is 0.379 bits per heavy atom. The number of pyridine rings is 2. The first-order chi connectivity index (χ1) is 28.7. The average Bonchev–Trinajstić information content (AvgIpc) is 3.87. The molecule has 0 aliphatic heterocycles. The van der Waals surface area contributed by atoms with Gasteiger partial charge in [-0.2, -0.15) is 0 Å². The van der Waals surface area contributed by atoms with Crippen LogP contribution >= 0.6 is 0 Å². The van der Waals surface area contributed by atoms with E-state index in [-0.39, 0.29) is 0 Å². The maximum absolute atomic E-state index is 6.63. The molecule has 6 heteroatoms. The summed E-state index contributed by atoms with van der Waals surface area (Å²) in [6.07, 6.45) is 4.49. The zero-order valence-corrected chi connectivity index (χ0v) is 31.1. The van der Waals surface area contributed by atoms with Gasteiger partial charge in [-0.1, -0.05) is 115 Å². The van der Waals surface area contributed by atoms with Gasteiger partial charge in [-0.15, -0.1) is 0 Å².